The van der Waals surface area contributed by atoms with E-state index in [1.54, 1.807) is 0 Å². The average molecular weight is 318 g/mol. The van der Waals surface area contributed by atoms with E-state index in [4.69, 9.17) is 9.47 Å². The van der Waals surface area contributed by atoms with Gasteiger partial charge in [-0.25, -0.2) is 4.98 Å². The fourth-order valence-corrected chi connectivity index (χ4v) is 3.15. The van der Waals surface area contributed by atoms with Gasteiger partial charge < -0.3 is 14.8 Å². The fourth-order valence-electron chi connectivity index (χ4n) is 2.30. The number of aryl methyl sites for hydroxylation is 1. The molecule has 0 saturated heterocycles. The summed E-state index contributed by atoms with van der Waals surface area (Å²) >= 11 is 1.48. The summed E-state index contributed by atoms with van der Waals surface area (Å²) in [7, 11) is 0. The van der Waals surface area contributed by atoms with Gasteiger partial charge in [0.05, 0.1) is 5.69 Å². The van der Waals surface area contributed by atoms with Crippen molar-refractivity contribution in [2.24, 2.45) is 5.92 Å². The van der Waals surface area contributed by atoms with Gasteiger partial charge >= 0.3 is 0 Å². The maximum absolute atomic E-state index is 11.9. The summed E-state index contributed by atoms with van der Waals surface area (Å²) in [5, 5.41) is 3.50. The third-order valence-electron chi connectivity index (χ3n) is 3.28. The number of amides is 1. The Morgan fingerprint density at radius 2 is 2.14 bits per heavy atom. The fraction of sp³-hybridized carbons (Fsp3) is 0.375. The topological polar surface area (TPSA) is 60.5 Å². The number of carbonyl (C=O) groups excluding carboxylic acids is 1. The molecule has 1 aromatic carbocycles. The lowest BCUT2D eigenvalue weighted by Gasteiger charge is -2.03. The Morgan fingerprint density at radius 3 is 2.91 bits per heavy atom. The van der Waals surface area contributed by atoms with Crippen LogP contribution in [0.1, 0.15) is 25.1 Å². The first-order chi connectivity index (χ1) is 10.5. The van der Waals surface area contributed by atoms with Crippen molar-refractivity contribution < 1.29 is 14.3 Å². The van der Waals surface area contributed by atoms with Crippen LogP contribution < -0.4 is 14.8 Å². The molecule has 1 amide bonds. The summed E-state index contributed by atoms with van der Waals surface area (Å²) in [6.07, 6.45) is 0.498. The molecule has 0 atom stereocenters. The SMILES string of the molecule is Cc1sc(NC(=O)CC(C)C)nc1-c1ccc2c(c1)OCO2. The van der Waals surface area contributed by atoms with Gasteiger partial charge in [-0.1, -0.05) is 13.8 Å². The van der Waals surface area contributed by atoms with Crippen molar-refractivity contribution in [1.82, 2.24) is 4.98 Å². The maximum Gasteiger partial charge on any atom is 0.231 e. The summed E-state index contributed by atoms with van der Waals surface area (Å²) in [6.45, 7) is 6.29. The van der Waals surface area contributed by atoms with Gasteiger partial charge in [0.1, 0.15) is 0 Å². The number of hydrogen-bond donors (Lipinski definition) is 1. The van der Waals surface area contributed by atoms with Gasteiger partial charge in [0, 0.05) is 16.9 Å². The van der Waals surface area contributed by atoms with Crippen LogP contribution in [0.2, 0.25) is 0 Å². The van der Waals surface area contributed by atoms with Crippen LogP contribution in [0.15, 0.2) is 18.2 Å². The predicted octanol–water partition coefficient (Wildman–Crippen LogP) is 3.83. The highest BCUT2D eigenvalue weighted by Gasteiger charge is 2.17. The van der Waals surface area contributed by atoms with E-state index in [1.165, 1.54) is 11.3 Å². The Morgan fingerprint density at radius 1 is 1.36 bits per heavy atom. The predicted molar refractivity (Wildman–Crippen MR) is 86.5 cm³/mol. The van der Waals surface area contributed by atoms with E-state index in [0.717, 1.165) is 27.6 Å². The zero-order valence-corrected chi connectivity index (χ0v) is 13.6. The summed E-state index contributed by atoms with van der Waals surface area (Å²) < 4.78 is 10.7. The number of benzene rings is 1. The number of anilines is 1. The Labute approximate surface area is 133 Å². The lowest BCUT2D eigenvalue weighted by Crippen LogP contribution is -2.13. The quantitative estimate of drug-likeness (QED) is 0.930. The summed E-state index contributed by atoms with van der Waals surface area (Å²) in [4.78, 5) is 17.4. The Kier molecular flexibility index (Phi) is 4.02. The van der Waals surface area contributed by atoms with E-state index in [2.05, 4.69) is 10.3 Å². The molecule has 5 nitrogen and oxygen atoms in total. The first-order valence-electron chi connectivity index (χ1n) is 7.20. The van der Waals surface area contributed by atoms with Crippen molar-refractivity contribution in [2.45, 2.75) is 27.2 Å². The monoisotopic (exact) mass is 318 g/mol. The lowest BCUT2D eigenvalue weighted by molar-refractivity contribution is -0.116. The highest BCUT2D eigenvalue weighted by atomic mass is 32.1. The van der Waals surface area contributed by atoms with Crippen molar-refractivity contribution in [1.29, 1.82) is 0 Å². The molecule has 1 aliphatic rings. The average Bonchev–Trinajstić information content (AvgIpc) is 3.03. The smallest absolute Gasteiger partial charge is 0.231 e. The van der Waals surface area contributed by atoms with Crippen molar-refractivity contribution in [3.8, 4) is 22.8 Å². The third kappa shape index (κ3) is 3.06. The van der Waals surface area contributed by atoms with Crippen molar-refractivity contribution in [2.75, 3.05) is 12.1 Å². The molecule has 3 rings (SSSR count). The van der Waals surface area contributed by atoms with Gasteiger partial charge in [0.25, 0.3) is 0 Å². The standard InChI is InChI=1S/C16H18N2O3S/c1-9(2)6-14(19)17-16-18-15(10(3)22-16)11-4-5-12-13(7-11)21-8-20-12/h4-5,7,9H,6,8H2,1-3H3,(H,17,18,19). The number of hydrogen-bond acceptors (Lipinski definition) is 5. The molecule has 0 spiro atoms. The molecular formula is C16H18N2O3S. The molecule has 116 valence electrons. The molecule has 0 aliphatic carbocycles. The van der Waals surface area contributed by atoms with Crippen LogP contribution in [-0.4, -0.2) is 17.7 Å². The van der Waals surface area contributed by atoms with E-state index in [0.29, 0.717) is 17.5 Å². The Bertz CT molecular complexity index is 709. The van der Waals surface area contributed by atoms with Crippen molar-refractivity contribution >= 4 is 22.4 Å². The summed E-state index contributed by atoms with van der Waals surface area (Å²) in [5.41, 5.74) is 1.82. The highest BCUT2D eigenvalue weighted by molar-refractivity contribution is 7.16. The number of carbonyl (C=O) groups is 1. The molecule has 1 aliphatic heterocycles. The molecule has 0 unspecified atom stereocenters. The largest absolute Gasteiger partial charge is 0.454 e. The number of fused-ring (bicyclic) bond motifs is 1. The zero-order chi connectivity index (χ0) is 15.7. The number of nitrogens with one attached hydrogen (secondary N) is 1. The van der Waals surface area contributed by atoms with Gasteiger partial charge in [-0.3, -0.25) is 4.79 Å². The van der Waals surface area contributed by atoms with E-state index in [1.807, 2.05) is 39.0 Å². The molecule has 0 radical (unpaired) electrons. The summed E-state index contributed by atoms with van der Waals surface area (Å²) in [6, 6.07) is 5.76. The Hall–Kier alpha value is -2.08. The van der Waals surface area contributed by atoms with Gasteiger partial charge in [-0.15, -0.1) is 11.3 Å². The van der Waals surface area contributed by atoms with E-state index in [-0.39, 0.29) is 12.7 Å². The van der Waals surface area contributed by atoms with Gasteiger partial charge in [0.15, 0.2) is 16.6 Å². The normalized spacial score (nSPS) is 12.7. The maximum atomic E-state index is 11.9. The first-order valence-corrected chi connectivity index (χ1v) is 8.02. The lowest BCUT2D eigenvalue weighted by atomic mass is 10.1. The Balaban J connectivity index is 1.82. The second kappa shape index (κ2) is 5.96. The van der Waals surface area contributed by atoms with Gasteiger partial charge in [-0.2, -0.15) is 0 Å². The van der Waals surface area contributed by atoms with Crippen LogP contribution in [0, 0.1) is 12.8 Å². The number of thiazole rings is 1. The molecule has 0 bridgehead atoms. The second-order valence-electron chi connectivity index (χ2n) is 5.64. The molecule has 0 fully saturated rings. The molecule has 1 N–H and O–H groups in total. The molecule has 6 heteroatoms. The van der Waals surface area contributed by atoms with Crippen LogP contribution in [0.5, 0.6) is 11.5 Å². The van der Waals surface area contributed by atoms with E-state index >= 15 is 0 Å². The molecule has 22 heavy (non-hydrogen) atoms. The van der Waals surface area contributed by atoms with Crippen LogP contribution in [0.25, 0.3) is 11.3 Å². The van der Waals surface area contributed by atoms with Crippen molar-refractivity contribution in [3.63, 3.8) is 0 Å². The number of ether oxygens (including phenoxy) is 2. The van der Waals surface area contributed by atoms with Gasteiger partial charge in [0.2, 0.25) is 12.7 Å². The van der Waals surface area contributed by atoms with E-state index < -0.39 is 0 Å². The summed E-state index contributed by atoms with van der Waals surface area (Å²) in [5.74, 6) is 1.81. The third-order valence-corrected chi connectivity index (χ3v) is 4.17. The van der Waals surface area contributed by atoms with Crippen LogP contribution in [0.4, 0.5) is 5.13 Å². The number of rotatable bonds is 4. The minimum Gasteiger partial charge on any atom is -0.454 e. The molecule has 0 saturated carbocycles. The number of aromatic nitrogens is 1. The molecule has 1 aromatic heterocycles. The minimum absolute atomic E-state index is 0.000914. The zero-order valence-electron chi connectivity index (χ0n) is 12.8. The second-order valence-corrected chi connectivity index (χ2v) is 6.84. The molecule has 2 aromatic rings. The first kappa shape index (κ1) is 14.8. The van der Waals surface area contributed by atoms with Crippen LogP contribution in [0.3, 0.4) is 0 Å². The van der Waals surface area contributed by atoms with Crippen LogP contribution >= 0.6 is 11.3 Å². The molecular weight excluding hydrogens is 300 g/mol. The highest BCUT2D eigenvalue weighted by Crippen LogP contribution is 2.38. The van der Waals surface area contributed by atoms with E-state index in [9.17, 15) is 4.79 Å². The number of nitrogens with zero attached hydrogens (tertiary/aromatic N) is 1. The van der Waals surface area contributed by atoms with Crippen molar-refractivity contribution in [3.05, 3.63) is 23.1 Å². The van der Waals surface area contributed by atoms with Gasteiger partial charge in [-0.05, 0) is 31.0 Å². The minimum atomic E-state index is 0.000914. The van der Waals surface area contributed by atoms with Crippen LogP contribution in [-0.2, 0) is 4.79 Å². The molecule has 2 heterocycles.